The second-order valence-corrected chi connectivity index (χ2v) is 11.4. The van der Waals surface area contributed by atoms with Gasteiger partial charge < -0.3 is 0 Å². The lowest BCUT2D eigenvalue weighted by Crippen LogP contribution is -2.84. The van der Waals surface area contributed by atoms with Gasteiger partial charge in [-0.15, -0.1) is 0 Å². The van der Waals surface area contributed by atoms with E-state index >= 15 is 0 Å². The molecule has 4 aliphatic rings. The molecule has 0 aliphatic carbocycles. The Bertz CT molecular complexity index is 557. The molecule has 4 rings (SSSR count). The lowest BCUT2D eigenvalue weighted by Gasteiger charge is -2.59. The summed E-state index contributed by atoms with van der Waals surface area (Å²) in [5.74, 6) is 0.187. The standard InChI is InChI=1S/C23H46N4/c1-7-13-24-19-22(5,6)27(17-11-12-18-27)23(24)25(14-8-2)21(3,4)20-26(23)15-9-10-16-26/h7-20H2,1-6H3/q+2. The summed E-state index contributed by atoms with van der Waals surface area (Å²) in [6, 6.07) is 0. The highest BCUT2D eigenvalue weighted by atomic mass is 15.9. The third kappa shape index (κ3) is 2.30. The fourth-order valence-electron chi connectivity index (χ4n) is 8.44. The van der Waals surface area contributed by atoms with Gasteiger partial charge >= 0.3 is 5.91 Å². The summed E-state index contributed by atoms with van der Waals surface area (Å²) in [6.45, 7) is 25.9. The van der Waals surface area contributed by atoms with E-state index in [1.165, 1.54) is 99.8 Å². The van der Waals surface area contributed by atoms with Crippen LogP contribution in [0.25, 0.3) is 0 Å². The van der Waals surface area contributed by atoms with Crippen LogP contribution in [0.2, 0.25) is 0 Å². The van der Waals surface area contributed by atoms with Crippen molar-refractivity contribution in [1.29, 1.82) is 0 Å². The molecule has 156 valence electrons. The summed E-state index contributed by atoms with van der Waals surface area (Å²) < 4.78 is 2.72. The molecule has 0 aromatic carbocycles. The molecule has 0 aromatic rings. The van der Waals surface area contributed by atoms with Gasteiger partial charge in [0, 0.05) is 38.8 Å². The maximum atomic E-state index is 3.06. The maximum absolute atomic E-state index is 3.06. The van der Waals surface area contributed by atoms with Gasteiger partial charge in [0.25, 0.3) is 0 Å². The van der Waals surface area contributed by atoms with Crippen molar-refractivity contribution in [2.75, 3.05) is 52.4 Å². The van der Waals surface area contributed by atoms with Crippen molar-refractivity contribution in [2.24, 2.45) is 0 Å². The van der Waals surface area contributed by atoms with E-state index in [0.717, 1.165) is 0 Å². The molecule has 0 N–H and O–H groups in total. The van der Waals surface area contributed by atoms with Gasteiger partial charge in [0.05, 0.1) is 38.3 Å². The first kappa shape index (κ1) is 20.1. The molecular weight excluding hydrogens is 332 g/mol. The average molecular weight is 379 g/mol. The topological polar surface area (TPSA) is 6.48 Å². The second kappa shape index (κ2) is 6.42. The molecule has 0 bridgehead atoms. The quantitative estimate of drug-likeness (QED) is 0.686. The summed E-state index contributed by atoms with van der Waals surface area (Å²) in [7, 11) is 0. The van der Waals surface area contributed by atoms with E-state index in [9.17, 15) is 0 Å². The zero-order valence-corrected chi connectivity index (χ0v) is 19.2. The smallest absolute Gasteiger partial charge is 0.241 e. The Morgan fingerprint density at radius 3 is 1.89 bits per heavy atom. The Kier molecular flexibility index (Phi) is 4.78. The molecule has 4 fully saturated rings. The minimum atomic E-state index is 0.187. The Morgan fingerprint density at radius 2 is 1.33 bits per heavy atom. The Balaban J connectivity index is 1.99. The monoisotopic (exact) mass is 378 g/mol. The van der Waals surface area contributed by atoms with E-state index < -0.39 is 0 Å². The lowest BCUT2D eigenvalue weighted by atomic mass is 10.0. The minimum absolute atomic E-state index is 0.187. The first-order valence-corrected chi connectivity index (χ1v) is 12.0. The number of quaternary nitrogens is 2. The van der Waals surface area contributed by atoms with Gasteiger partial charge in [-0.25, -0.2) is 8.97 Å². The predicted molar refractivity (Wildman–Crippen MR) is 113 cm³/mol. The molecule has 3 spiro atoms. The minimum Gasteiger partial charge on any atom is -0.241 e. The van der Waals surface area contributed by atoms with Gasteiger partial charge in [0.1, 0.15) is 12.1 Å². The van der Waals surface area contributed by atoms with Crippen LogP contribution >= 0.6 is 0 Å². The van der Waals surface area contributed by atoms with E-state index in [1.54, 1.807) is 0 Å². The van der Waals surface area contributed by atoms with Gasteiger partial charge in [-0.3, -0.25) is 0 Å². The van der Waals surface area contributed by atoms with Gasteiger partial charge in [-0.2, -0.15) is 9.80 Å². The molecule has 27 heavy (non-hydrogen) atoms. The highest BCUT2D eigenvalue weighted by Crippen LogP contribution is 2.60. The second-order valence-electron chi connectivity index (χ2n) is 11.4. The molecule has 1 unspecified atom stereocenters. The van der Waals surface area contributed by atoms with Crippen LogP contribution in [0, 0.1) is 0 Å². The van der Waals surface area contributed by atoms with Crippen LogP contribution < -0.4 is 0 Å². The van der Waals surface area contributed by atoms with Crippen molar-refractivity contribution in [2.45, 2.75) is 97.1 Å². The van der Waals surface area contributed by atoms with Crippen LogP contribution in [0.5, 0.6) is 0 Å². The van der Waals surface area contributed by atoms with Crippen LogP contribution in [0.1, 0.15) is 80.1 Å². The van der Waals surface area contributed by atoms with Crippen molar-refractivity contribution in [3.63, 3.8) is 0 Å². The van der Waals surface area contributed by atoms with Crippen molar-refractivity contribution in [1.82, 2.24) is 9.80 Å². The molecule has 0 aromatic heterocycles. The van der Waals surface area contributed by atoms with E-state index in [-0.39, 0.29) is 5.91 Å². The summed E-state index contributed by atoms with van der Waals surface area (Å²) >= 11 is 0. The van der Waals surface area contributed by atoms with Crippen molar-refractivity contribution in [3.8, 4) is 0 Å². The largest absolute Gasteiger partial charge is 0.357 e. The van der Waals surface area contributed by atoms with Crippen LogP contribution in [0.15, 0.2) is 0 Å². The first-order chi connectivity index (χ1) is 12.7. The molecular formula is C23H46N4+2. The lowest BCUT2D eigenvalue weighted by molar-refractivity contribution is -1.18. The molecule has 0 amide bonds. The molecule has 4 heteroatoms. The molecule has 4 aliphatic heterocycles. The van der Waals surface area contributed by atoms with Crippen molar-refractivity contribution < 1.29 is 8.97 Å². The van der Waals surface area contributed by atoms with Crippen molar-refractivity contribution in [3.05, 3.63) is 0 Å². The van der Waals surface area contributed by atoms with Gasteiger partial charge in [-0.05, 0) is 40.5 Å². The summed E-state index contributed by atoms with van der Waals surface area (Å²) in [5.41, 5.74) is 0.645. The average Bonchev–Trinajstić information content (AvgIpc) is 3.31. The maximum Gasteiger partial charge on any atom is 0.357 e. The van der Waals surface area contributed by atoms with Crippen LogP contribution in [-0.4, -0.2) is 88.1 Å². The molecule has 0 saturated carbocycles. The van der Waals surface area contributed by atoms with E-state index in [2.05, 4.69) is 51.3 Å². The van der Waals surface area contributed by atoms with E-state index in [1.807, 2.05) is 0 Å². The Labute approximate surface area is 168 Å². The van der Waals surface area contributed by atoms with Crippen molar-refractivity contribution >= 4 is 0 Å². The number of hydrogen-bond donors (Lipinski definition) is 0. The number of nitrogens with zero attached hydrogens (tertiary/aromatic N) is 4. The highest BCUT2D eigenvalue weighted by molar-refractivity contribution is 5.03. The predicted octanol–water partition coefficient (Wildman–Crippen LogP) is 3.83. The Hall–Kier alpha value is -0.160. The fraction of sp³-hybridized carbons (Fsp3) is 1.00. The number of hydrogen-bond acceptors (Lipinski definition) is 2. The van der Waals surface area contributed by atoms with Crippen LogP contribution in [-0.2, 0) is 0 Å². The van der Waals surface area contributed by atoms with Gasteiger partial charge in [0.2, 0.25) is 0 Å². The SMILES string of the molecule is CCCN1CC(C)(C)[N+]2(CCCC2)C12N(CCC)C(C)(C)C[N+]21CCCC1. The third-order valence-corrected chi connectivity index (χ3v) is 8.85. The van der Waals surface area contributed by atoms with E-state index in [4.69, 9.17) is 0 Å². The molecule has 1 atom stereocenters. The normalized spacial score (nSPS) is 36.7. The summed E-state index contributed by atoms with van der Waals surface area (Å²) in [6.07, 6.45) is 8.25. The summed E-state index contributed by atoms with van der Waals surface area (Å²) in [5, 5.41) is 0. The third-order valence-electron chi connectivity index (χ3n) is 8.85. The highest BCUT2D eigenvalue weighted by Gasteiger charge is 2.85. The molecule has 0 radical (unpaired) electrons. The number of rotatable bonds is 4. The molecule has 4 saturated heterocycles. The first-order valence-electron chi connectivity index (χ1n) is 12.0. The fourth-order valence-corrected chi connectivity index (χ4v) is 8.44. The van der Waals surface area contributed by atoms with Crippen LogP contribution in [0.4, 0.5) is 0 Å². The Morgan fingerprint density at radius 1 is 0.778 bits per heavy atom. The van der Waals surface area contributed by atoms with E-state index in [0.29, 0.717) is 11.1 Å². The summed E-state index contributed by atoms with van der Waals surface area (Å²) in [4.78, 5) is 6.08. The van der Waals surface area contributed by atoms with Gasteiger partial charge in [-0.1, -0.05) is 13.8 Å². The zero-order valence-electron chi connectivity index (χ0n) is 19.2. The van der Waals surface area contributed by atoms with Crippen LogP contribution in [0.3, 0.4) is 0 Å². The molecule has 4 nitrogen and oxygen atoms in total. The van der Waals surface area contributed by atoms with Gasteiger partial charge in [0.15, 0.2) is 0 Å². The number of fused-ring (bicyclic) bond motifs is 2. The molecule has 4 heterocycles. The zero-order chi connectivity index (χ0) is 19.6.